The molecule has 0 aliphatic rings. The van der Waals surface area contributed by atoms with Crippen LogP contribution < -0.4 is 10.1 Å². The van der Waals surface area contributed by atoms with Gasteiger partial charge in [0.05, 0.1) is 17.9 Å². The average molecular weight is 393 g/mol. The summed E-state index contributed by atoms with van der Waals surface area (Å²) in [6, 6.07) is 15.1. The lowest BCUT2D eigenvalue weighted by atomic mass is 10.2. The highest BCUT2D eigenvalue weighted by atomic mass is 32.2. The number of carbonyl (C=O) groups excluding carboxylic acids is 1. The smallest absolute Gasteiger partial charge is 0.237 e. The van der Waals surface area contributed by atoms with Crippen molar-refractivity contribution in [3.63, 3.8) is 0 Å². The van der Waals surface area contributed by atoms with E-state index < -0.39 is 0 Å². The van der Waals surface area contributed by atoms with Gasteiger partial charge in [-0.3, -0.25) is 4.79 Å². The Morgan fingerprint density at radius 1 is 1.18 bits per heavy atom. The van der Waals surface area contributed by atoms with Crippen molar-refractivity contribution in [2.45, 2.75) is 24.3 Å². The van der Waals surface area contributed by atoms with Gasteiger partial charge in [-0.2, -0.15) is 4.52 Å². The summed E-state index contributed by atoms with van der Waals surface area (Å²) >= 11 is 1.34. The largest absolute Gasteiger partial charge is 0.497 e. The Kier molecular flexibility index (Phi) is 4.87. The zero-order valence-corrected chi connectivity index (χ0v) is 16.5. The van der Waals surface area contributed by atoms with Crippen LogP contribution in [0.1, 0.15) is 12.7 Å². The van der Waals surface area contributed by atoms with Gasteiger partial charge in [0, 0.05) is 17.1 Å². The Labute approximate surface area is 166 Å². The highest BCUT2D eigenvalue weighted by Gasteiger charge is 2.20. The number of nitrogens with zero attached hydrogens (tertiary/aromatic N) is 4. The van der Waals surface area contributed by atoms with Crippen molar-refractivity contribution in [1.82, 2.24) is 19.6 Å². The van der Waals surface area contributed by atoms with Crippen LogP contribution in [-0.2, 0) is 4.79 Å². The maximum Gasteiger partial charge on any atom is 0.237 e. The van der Waals surface area contributed by atoms with Crippen LogP contribution in [0.4, 0.5) is 5.69 Å². The second kappa shape index (κ2) is 7.47. The Bertz CT molecular complexity index is 1170. The molecule has 7 nitrogen and oxygen atoms in total. The number of ether oxygens (including phenoxy) is 1. The van der Waals surface area contributed by atoms with E-state index in [2.05, 4.69) is 15.4 Å². The molecule has 2 aromatic heterocycles. The van der Waals surface area contributed by atoms with E-state index in [1.807, 2.05) is 56.3 Å². The number of benzene rings is 2. The standard InChI is InChI=1S/C20H19N5O2S/c1-12(19(26)22-14-7-6-8-15(11-14)27-3)28-20-23-17-10-5-4-9-16(17)18-21-13(2)24-25(18)20/h4-12H,1-3H3,(H,22,26)/t12-/m0/s1. The van der Waals surface area contributed by atoms with E-state index in [1.165, 1.54) is 11.8 Å². The quantitative estimate of drug-likeness (QED) is 0.411. The molecule has 0 saturated carbocycles. The summed E-state index contributed by atoms with van der Waals surface area (Å²) in [5.74, 6) is 1.22. The minimum atomic E-state index is -0.382. The summed E-state index contributed by atoms with van der Waals surface area (Å²) in [7, 11) is 1.59. The van der Waals surface area contributed by atoms with Gasteiger partial charge < -0.3 is 10.1 Å². The fourth-order valence-corrected chi connectivity index (χ4v) is 3.73. The Hall–Kier alpha value is -3.13. The number of carbonyl (C=O) groups is 1. The molecule has 4 aromatic rings. The topological polar surface area (TPSA) is 81.4 Å². The summed E-state index contributed by atoms with van der Waals surface area (Å²) in [4.78, 5) is 21.9. The molecule has 2 aromatic carbocycles. The van der Waals surface area contributed by atoms with Crippen molar-refractivity contribution in [1.29, 1.82) is 0 Å². The van der Waals surface area contributed by atoms with Crippen LogP contribution in [0.25, 0.3) is 16.6 Å². The molecule has 142 valence electrons. The number of thioether (sulfide) groups is 1. The van der Waals surface area contributed by atoms with Gasteiger partial charge >= 0.3 is 0 Å². The number of hydrogen-bond acceptors (Lipinski definition) is 6. The lowest BCUT2D eigenvalue weighted by Crippen LogP contribution is -2.23. The summed E-state index contributed by atoms with van der Waals surface area (Å²) in [6.45, 7) is 3.68. The minimum absolute atomic E-state index is 0.127. The summed E-state index contributed by atoms with van der Waals surface area (Å²) in [5, 5.41) is 8.55. The van der Waals surface area contributed by atoms with Gasteiger partial charge in [-0.1, -0.05) is 30.0 Å². The molecule has 1 amide bonds. The van der Waals surface area contributed by atoms with Crippen molar-refractivity contribution in [3.8, 4) is 5.75 Å². The highest BCUT2D eigenvalue weighted by molar-refractivity contribution is 8.00. The third-order valence-electron chi connectivity index (χ3n) is 4.24. The molecule has 0 aliphatic heterocycles. The van der Waals surface area contributed by atoms with Crippen LogP contribution in [-0.4, -0.2) is 37.8 Å². The predicted octanol–water partition coefficient (Wildman–Crippen LogP) is 3.71. The molecular weight excluding hydrogens is 374 g/mol. The molecule has 0 bridgehead atoms. The molecule has 0 aliphatic carbocycles. The minimum Gasteiger partial charge on any atom is -0.497 e. The van der Waals surface area contributed by atoms with E-state index in [1.54, 1.807) is 17.7 Å². The molecule has 4 rings (SSSR count). The van der Waals surface area contributed by atoms with Gasteiger partial charge in [0.1, 0.15) is 11.6 Å². The molecule has 0 radical (unpaired) electrons. The van der Waals surface area contributed by atoms with Crippen molar-refractivity contribution in [2.75, 3.05) is 12.4 Å². The van der Waals surface area contributed by atoms with E-state index in [0.29, 0.717) is 22.4 Å². The fraction of sp³-hybridized carbons (Fsp3) is 0.200. The summed E-state index contributed by atoms with van der Waals surface area (Å²) in [5.41, 5.74) is 2.25. The summed E-state index contributed by atoms with van der Waals surface area (Å²) in [6.07, 6.45) is 0. The van der Waals surface area contributed by atoms with Gasteiger partial charge in [0.2, 0.25) is 5.91 Å². The number of methoxy groups -OCH3 is 1. The number of rotatable bonds is 5. The molecule has 28 heavy (non-hydrogen) atoms. The first-order valence-corrected chi connectivity index (χ1v) is 9.67. The second-order valence-corrected chi connectivity index (χ2v) is 7.60. The highest BCUT2D eigenvalue weighted by Crippen LogP contribution is 2.27. The maximum absolute atomic E-state index is 12.7. The molecule has 0 saturated heterocycles. The Balaban J connectivity index is 1.62. The number of aryl methyl sites for hydroxylation is 1. The van der Waals surface area contributed by atoms with Crippen molar-refractivity contribution < 1.29 is 9.53 Å². The van der Waals surface area contributed by atoms with Crippen LogP contribution in [0.3, 0.4) is 0 Å². The molecule has 1 N–H and O–H groups in total. The van der Waals surface area contributed by atoms with Crippen LogP contribution in [0.15, 0.2) is 53.7 Å². The number of hydrogen-bond donors (Lipinski definition) is 1. The lowest BCUT2D eigenvalue weighted by molar-refractivity contribution is -0.115. The number of nitrogens with one attached hydrogen (secondary N) is 1. The van der Waals surface area contributed by atoms with Crippen LogP contribution >= 0.6 is 11.8 Å². The van der Waals surface area contributed by atoms with E-state index in [0.717, 1.165) is 16.6 Å². The molecule has 0 spiro atoms. The first-order valence-electron chi connectivity index (χ1n) is 8.79. The zero-order chi connectivity index (χ0) is 19.7. The van der Waals surface area contributed by atoms with Gasteiger partial charge in [-0.25, -0.2) is 9.97 Å². The normalized spacial score (nSPS) is 12.2. The lowest BCUT2D eigenvalue weighted by Gasteiger charge is -2.13. The van der Waals surface area contributed by atoms with Crippen molar-refractivity contribution in [2.24, 2.45) is 0 Å². The van der Waals surface area contributed by atoms with Gasteiger partial charge in [-0.05, 0) is 38.1 Å². The molecule has 0 fully saturated rings. The summed E-state index contributed by atoms with van der Waals surface area (Å²) < 4.78 is 6.90. The number of para-hydroxylation sites is 1. The van der Waals surface area contributed by atoms with Gasteiger partial charge in [-0.15, -0.1) is 5.10 Å². The van der Waals surface area contributed by atoms with E-state index in [4.69, 9.17) is 9.72 Å². The van der Waals surface area contributed by atoms with Gasteiger partial charge in [0.15, 0.2) is 10.8 Å². The average Bonchev–Trinajstić information content (AvgIpc) is 3.10. The van der Waals surface area contributed by atoms with Crippen LogP contribution in [0.2, 0.25) is 0 Å². The second-order valence-electron chi connectivity index (χ2n) is 6.29. The Morgan fingerprint density at radius 3 is 2.82 bits per heavy atom. The van der Waals surface area contributed by atoms with Gasteiger partial charge in [0.25, 0.3) is 0 Å². The number of fused-ring (bicyclic) bond motifs is 3. The molecule has 2 heterocycles. The fourth-order valence-electron chi connectivity index (χ4n) is 2.87. The monoisotopic (exact) mass is 393 g/mol. The SMILES string of the molecule is COc1cccc(NC(=O)[C@H](C)Sc2nc3ccccc3c3nc(C)nn23)c1. The first-order chi connectivity index (χ1) is 13.5. The molecule has 8 heteroatoms. The van der Waals surface area contributed by atoms with E-state index in [-0.39, 0.29) is 11.2 Å². The van der Waals surface area contributed by atoms with Crippen LogP contribution in [0, 0.1) is 6.92 Å². The van der Waals surface area contributed by atoms with Crippen molar-refractivity contribution in [3.05, 3.63) is 54.4 Å². The van der Waals surface area contributed by atoms with E-state index in [9.17, 15) is 4.79 Å². The maximum atomic E-state index is 12.7. The molecule has 0 unspecified atom stereocenters. The number of amides is 1. The predicted molar refractivity (Wildman–Crippen MR) is 110 cm³/mol. The van der Waals surface area contributed by atoms with Crippen molar-refractivity contribution >= 4 is 39.9 Å². The Morgan fingerprint density at radius 2 is 2.00 bits per heavy atom. The number of anilines is 1. The number of aromatic nitrogens is 4. The molecule has 1 atom stereocenters. The third kappa shape index (κ3) is 3.50. The van der Waals surface area contributed by atoms with Crippen LogP contribution in [0.5, 0.6) is 5.75 Å². The molecular formula is C20H19N5O2S. The zero-order valence-electron chi connectivity index (χ0n) is 15.7. The first kappa shape index (κ1) is 18.2. The van der Waals surface area contributed by atoms with E-state index >= 15 is 0 Å². The third-order valence-corrected chi connectivity index (χ3v) is 5.29.